The standard InChI is InChI=1S/C12H15ClFNO2/c1-2-3-9(16)7-15-12(17)8-4-5-11(14)10(13)6-8/h4-6,9,16H,2-3,7H2,1H3,(H,15,17). The predicted octanol–water partition coefficient (Wildman–Crippen LogP) is 2.37. The number of carbonyl (C=O) groups is 1. The number of nitrogens with one attached hydrogen (secondary N) is 1. The zero-order valence-electron chi connectivity index (χ0n) is 9.54. The second-order valence-corrected chi connectivity index (χ2v) is 4.19. The Balaban J connectivity index is 2.55. The minimum atomic E-state index is -0.561. The Kier molecular flexibility index (Phi) is 5.38. The molecule has 3 nitrogen and oxygen atoms in total. The van der Waals surface area contributed by atoms with E-state index < -0.39 is 11.9 Å². The van der Waals surface area contributed by atoms with Crippen molar-refractivity contribution < 1.29 is 14.3 Å². The van der Waals surface area contributed by atoms with Crippen LogP contribution >= 0.6 is 11.6 Å². The van der Waals surface area contributed by atoms with Crippen LogP contribution in [0.5, 0.6) is 0 Å². The van der Waals surface area contributed by atoms with E-state index >= 15 is 0 Å². The molecule has 0 aromatic heterocycles. The minimum absolute atomic E-state index is 0.0910. The van der Waals surface area contributed by atoms with E-state index in [4.69, 9.17) is 11.6 Å². The van der Waals surface area contributed by atoms with Crippen molar-refractivity contribution >= 4 is 17.5 Å². The summed E-state index contributed by atoms with van der Waals surface area (Å²) < 4.78 is 12.9. The van der Waals surface area contributed by atoms with Gasteiger partial charge in [-0.05, 0) is 24.6 Å². The van der Waals surface area contributed by atoms with E-state index in [1.165, 1.54) is 12.1 Å². The summed E-state index contributed by atoms with van der Waals surface area (Å²) in [7, 11) is 0. The lowest BCUT2D eigenvalue weighted by atomic mass is 10.2. The van der Waals surface area contributed by atoms with Gasteiger partial charge in [-0.3, -0.25) is 4.79 Å². The number of hydrogen-bond donors (Lipinski definition) is 2. The molecule has 0 fully saturated rings. The number of aliphatic hydroxyl groups excluding tert-OH is 1. The lowest BCUT2D eigenvalue weighted by molar-refractivity contribution is 0.0910. The van der Waals surface area contributed by atoms with Crippen molar-refractivity contribution in [2.75, 3.05) is 6.54 Å². The number of aliphatic hydroxyl groups is 1. The van der Waals surface area contributed by atoms with E-state index in [1.807, 2.05) is 6.92 Å². The molecule has 1 rings (SSSR count). The van der Waals surface area contributed by atoms with Crippen molar-refractivity contribution in [2.45, 2.75) is 25.9 Å². The Bertz CT molecular complexity index is 398. The van der Waals surface area contributed by atoms with E-state index in [-0.39, 0.29) is 23.0 Å². The average molecular weight is 260 g/mol. The Morgan fingerprint density at radius 3 is 2.88 bits per heavy atom. The lowest BCUT2D eigenvalue weighted by Crippen LogP contribution is -2.32. The summed E-state index contributed by atoms with van der Waals surface area (Å²) in [5.74, 6) is -0.934. The Hall–Kier alpha value is -1.13. The quantitative estimate of drug-likeness (QED) is 0.853. The normalized spacial score (nSPS) is 12.2. The van der Waals surface area contributed by atoms with Gasteiger partial charge >= 0.3 is 0 Å². The maximum Gasteiger partial charge on any atom is 0.251 e. The maximum atomic E-state index is 12.9. The van der Waals surface area contributed by atoms with Crippen LogP contribution in [-0.2, 0) is 0 Å². The Morgan fingerprint density at radius 1 is 1.59 bits per heavy atom. The Morgan fingerprint density at radius 2 is 2.29 bits per heavy atom. The molecule has 94 valence electrons. The number of hydrogen-bond acceptors (Lipinski definition) is 2. The van der Waals surface area contributed by atoms with Crippen molar-refractivity contribution in [1.82, 2.24) is 5.32 Å². The summed E-state index contributed by atoms with van der Waals surface area (Å²) in [5, 5.41) is 11.9. The van der Waals surface area contributed by atoms with Crippen molar-refractivity contribution in [3.05, 3.63) is 34.6 Å². The SMILES string of the molecule is CCCC(O)CNC(=O)c1ccc(F)c(Cl)c1. The van der Waals surface area contributed by atoms with Gasteiger partial charge in [-0.1, -0.05) is 24.9 Å². The molecule has 2 N–H and O–H groups in total. The molecule has 1 amide bonds. The van der Waals surface area contributed by atoms with Crippen molar-refractivity contribution in [2.24, 2.45) is 0 Å². The first-order valence-corrected chi connectivity index (χ1v) is 5.83. The highest BCUT2D eigenvalue weighted by Gasteiger charge is 2.10. The third kappa shape index (κ3) is 4.32. The second-order valence-electron chi connectivity index (χ2n) is 3.78. The van der Waals surface area contributed by atoms with Crippen LogP contribution < -0.4 is 5.32 Å². The topological polar surface area (TPSA) is 49.3 Å². The molecule has 5 heteroatoms. The molecule has 0 saturated carbocycles. The van der Waals surface area contributed by atoms with Gasteiger partial charge in [-0.2, -0.15) is 0 Å². The van der Waals surface area contributed by atoms with Gasteiger partial charge in [0.1, 0.15) is 5.82 Å². The summed E-state index contributed by atoms with van der Waals surface area (Å²) >= 11 is 5.57. The van der Waals surface area contributed by atoms with E-state index in [1.54, 1.807) is 0 Å². The molecule has 0 radical (unpaired) electrons. The second kappa shape index (κ2) is 6.57. The largest absolute Gasteiger partial charge is 0.391 e. The third-order valence-corrected chi connectivity index (χ3v) is 2.59. The van der Waals surface area contributed by atoms with Crippen LogP contribution in [0.4, 0.5) is 4.39 Å². The van der Waals surface area contributed by atoms with E-state index in [0.29, 0.717) is 6.42 Å². The molecule has 0 aliphatic carbocycles. The predicted molar refractivity (Wildman–Crippen MR) is 64.7 cm³/mol. The van der Waals surface area contributed by atoms with Gasteiger partial charge in [0.2, 0.25) is 0 Å². The summed E-state index contributed by atoms with van der Waals surface area (Å²) in [6, 6.07) is 3.75. The molecule has 0 saturated heterocycles. The number of rotatable bonds is 5. The fourth-order valence-corrected chi connectivity index (χ4v) is 1.57. The zero-order valence-corrected chi connectivity index (χ0v) is 10.3. The average Bonchev–Trinajstić information content (AvgIpc) is 2.30. The van der Waals surface area contributed by atoms with E-state index in [2.05, 4.69) is 5.32 Å². The molecule has 17 heavy (non-hydrogen) atoms. The van der Waals surface area contributed by atoms with Crippen LogP contribution in [0.25, 0.3) is 0 Å². The molecule has 0 aliphatic rings. The van der Waals surface area contributed by atoms with E-state index in [0.717, 1.165) is 12.5 Å². The van der Waals surface area contributed by atoms with Crippen LogP contribution in [0, 0.1) is 5.82 Å². The molecular weight excluding hydrogens is 245 g/mol. The first-order valence-electron chi connectivity index (χ1n) is 5.46. The van der Waals surface area contributed by atoms with Gasteiger partial charge in [0.05, 0.1) is 11.1 Å². The summed E-state index contributed by atoms with van der Waals surface area (Å²) in [4.78, 5) is 11.6. The smallest absolute Gasteiger partial charge is 0.251 e. The van der Waals surface area contributed by atoms with Gasteiger partial charge in [-0.15, -0.1) is 0 Å². The summed E-state index contributed by atoms with van der Waals surface area (Å²) in [6.45, 7) is 2.13. The van der Waals surface area contributed by atoms with Crippen LogP contribution in [0.3, 0.4) is 0 Å². The summed E-state index contributed by atoms with van der Waals surface area (Å²) in [5.41, 5.74) is 0.278. The molecule has 1 aromatic carbocycles. The fourth-order valence-electron chi connectivity index (χ4n) is 1.39. The van der Waals surface area contributed by atoms with Crippen molar-refractivity contribution in [3.8, 4) is 0 Å². The molecule has 0 bridgehead atoms. The van der Waals surface area contributed by atoms with Crippen LogP contribution in [0.2, 0.25) is 5.02 Å². The van der Waals surface area contributed by atoms with E-state index in [9.17, 15) is 14.3 Å². The number of carbonyl (C=O) groups excluding carboxylic acids is 1. The van der Waals surface area contributed by atoms with Gasteiger partial charge in [-0.25, -0.2) is 4.39 Å². The highest BCUT2D eigenvalue weighted by atomic mass is 35.5. The van der Waals surface area contributed by atoms with Crippen molar-refractivity contribution in [1.29, 1.82) is 0 Å². The van der Waals surface area contributed by atoms with Crippen LogP contribution in [0.15, 0.2) is 18.2 Å². The van der Waals surface area contributed by atoms with Gasteiger partial charge in [0, 0.05) is 12.1 Å². The highest BCUT2D eigenvalue weighted by molar-refractivity contribution is 6.31. The lowest BCUT2D eigenvalue weighted by Gasteiger charge is -2.10. The number of amides is 1. The first kappa shape index (κ1) is 13.9. The molecule has 0 spiro atoms. The molecule has 1 unspecified atom stereocenters. The van der Waals surface area contributed by atoms with Crippen molar-refractivity contribution in [3.63, 3.8) is 0 Å². The molecule has 1 atom stereocenters. The minimum Gasteiger partial charge on any atom is -0.391 e. The summed E-state index contributed by atoms with van der Waals surface area (Å²) in [6.07, 6.45) is 0.920. The Labute approximate surface area is 105 Å². The van der Waals surface area contributed by atoms with Gasteiger partial charge < -0.3 is 10.4 Å². The monoisotopic (exact) mass is 259 g/mol. The zero-order chi connectivity index (χ0) is 12.8. The molecule has 1 aromatic rings. The third-order valence-electron chi connectivity index (χ3n) is 2.30. The first-order chi connectivity index (χ1) is 8.04. The van der Waals surface area contributed by atoms with Crippen LogP contribution in [0.1, 0.15) is 30.1 Å². The molecular formula is C12H15ClFNO2. The molecule has 0 heterocycles. The molecule has 0 aliphatic heterocycles. The highest BCUT2D eigenvalue weighted by Crippen LogP contribution is 2.15. The van der Waals surface area contributed by atoms with Gasteiger partial charge in [0.25, 0.3) is 5.91 Å². The van der Waals surface area contributed by atoms with Gasteiger partial charge in [0.15, 0.2) is 0 Å². The number of benzene rings is 1. The fraction of sp³-hybridized carbons (Fsp3) is 0.417. The number of halogens is 2. The maximum absolute atomic E-state index is 12.9. The van der Waals surface area contributed by atoms with Crippen LogP contribution in [-0.4, -0.2) is 23.7 Å².